The number of carbonyl (C=O) groups excluding carboxylic acids is 1. The lowest BCUT2D eigenvalue weighted by Crippen LogP contribution is -2.65. The van der Waals surface area contributed by atoms with Crippen molar-refractivity contribution < 1.29 is 64.6 Å². The van der Waals surface area contributed by atoms with Gasteiger partial charge in [0.25, 0.3) is 0 Å². The third-order valence-corrected chi connectivity index (χ3v) is 16.6. The van der Waals surface area contributed by atoms with Gasteiger partial charge in [0, 0.05) is 6.42 Å². The predicted octanol–water partition coefficient (Wildman–Crippen LogP) is 15.1. The van der Waals surface area contributed by atoms with Crippen LogP contribution in [0.25, 0.3) is 0 Å². The van der Waals surface area contributed by atoms with Gasteiger partial charge in [0.15, 0.2) is 12.6 Å². The monoisotopic (exact) mass is 1280 g/mol. The molecule has 9 N–H and O–H groups in total. The number of carbonyl (C=O) groups is 1. The van der Waals surface area contributed by atoms with Crippen LogP contribution in [0.3, 0.4) is 0 Å². The second-order valence-corrected chi connectivity index (χ2v) is 24.6. The fraction of sp³-hybridized carbons (Fsp3) is 0.701. The van der Waals surface area contributed by atoms with Crippen molar-refractivity contribution in [2.24, 2.45) is 0 Å². The highest BCUT2D eigenvalue weighted by Gasteiger charge is 2.51. The number of amides is 1. The molecule has 2 aliphatic rings. The van der Waals surface area contributed by atoms with E-state index in [4.69, 9.17) is 18.9 Å². The lowest BCUT2D eigenvalue weighted by molar-refractivity contribution is -0.359. The number of allylic oxidation sites excluding steroid dienone is 21. The van der Waals surface area contributed by atoms with Crippen LogP contribution in [0.15, 0.2) is 134 Å². The van der Waals surface area contributed by atoms with Crippen LogP contribution in [-0.4, -0.2) is 140 Å². The molecule has 1 amide bonds. The molecule has 12 atom stereocenters. The van der Waals surface area contributed by atoms with Crippen LogP contribution < -0.4 is 5.32 Å². The summed E-state index contributed by atoms with van der Waals surface area (Å²) in [6.45, 7) is 2.68. The molecule has 0 bridgehead atoms. The lowest BCUT2D eigenvalue weighted by atomic mass is 9.97. The van der Waals surface area contributed by atoms with Crippen LogP contribution in [0.4, 0.5) is 0 Å². The first kappa shape index (κ1) is 83.2. The van der Waals surface area contributed by atoms with Crippen LogP contribution in [0.1, 0.15) is 251 Å². The third-order valence-electron chi connectivity index (χ3n) is 16.6. The van der Waals surface area contributed by atoms with Crippen molar-refractivity contribution in [2.45, 2.75) is 325 Å². The van der Waals surface area contributed by atoms with E-state index in [1.54, 1.807) is 6.08 Å². The molecule has 0 aromatic heterocycles. The molecular formula is C77H129NO13. The smallest absolute Gasteiger partial charge is 0.220 e. The third kappa shape index (κ3) is 43.7. The van der Waals surface area contributed by atoms with Crippen LogP contribution in [-0.2, 0) is 23.7 Å². The first-order valence-corrected chi connectivity index (χ1v) is 35.9. The van der Waals surface area contributed by atoms with Gasteiger partial charge in [0.2, 0.25) is 5.91 Å². The summed E-state index contributed by atoms with van der Waals surface area (Å²) in [4.78, 5) is 13.3. The Hall–Kier alpha value is -3.87. The van der Waals surface area contributed by atoms with Crippen molar-refractivity contribution in [1.82, 2.24) is 5.32 Å². The number of nitrogens with one attached hydrogen (secondary N) is 1. The second kappa shape index (κ2) is 59.8. The van der Waals surface area contributed by atoms with Gasteiger partial charge in [-0.3, -0.25) is 4.79 Å². The van der Waals surface area contributed by atoms with Crippen molar-refractivity contribution in [2.75, 3.05) is 19.8 Å². The zero-order valence-corrected chi connectivity index (χ0v) is 56.5. The number of hydrogen-bond acceptors (Lipinski definition) is 13. The van der Waals surface area contributed by atoms with Gasteiger partial charge >= 0.3 is 0 Å². The molecule has 0 spiro atoms. The Balaban J connectivity index is 1.65. The Labute approximate surface area is 551 Å². The molecule has 0 aromatic carbocycles. The molecule has 0 radical (unpaired) electrons. The Morgan fingerprint density at radius 1 is 0.407 bits per heavy atom. The van der Waals surface area contributed by atoms with Crippen LogP contribution >= 0.6 is 0 Å². The van der Waals surface area contributed by atoms with E-state index in [9.17, 15) is 45.6 Å². The summed E-state index contributed by atoms with van der Waals surface area (Å²) in [5.74, 6) is -0.252. The van der Waals surface area contributed by atoms with Gasteiger partial charge < -0.3 is 65.1 Å². The van der Waals surface area contributed by atoms with E-state index in [1.807, 2.05) is 6.08 Å². The number of aliphatic hydroxyl groups excluding tert-OH is 8. The number of aliphatic hydroxyl groups is 8. The topological polar surface area (TPSA) is 228 Å². The Morgan fingerprint density at radius 3 is 1.16 bits per heavy atom. The highest BCUT2D eigenvalue weighted by atomic mass is 16.7. The molecule has 0 aliphatic carbocycles. The van der Waals surface area contributed by atoms with Crippen molar-refractivity contribution in [3.63, 3.8) is 0 Å². The molecule has 520 valence electrons. The van der Waals surface area contributed by atoms with Gasteiger partial charge in [-0.05, 0) is 96.3 Å². The average Bonchev–Trinajstić information content (AvgIpc) is 1.19. The molecule has 14 nitrogen and oxygen atoms in total. The maximum absolute atomic E-state index is 13.3. The minimum Gasteiger partial charge on any atom is -0.394 e. The van der Waals surface area contributed by atoms with E-state index in [1.165, 1.54) is 109 Å². The SMILES string of the molecule is CC/C=C\C/C=C\C/C=C\C/C=C\C/C=C\C/C=C\C/C=C\C/C=C\C/C=C\C/C=C\CCCCCCCCCCC(=O)NC(COC1OC(CO)C(OC2OC(CO)C(O)C(O)C2O)C(O)C1O)C(O)/C=C/CCCCCCCCCCCCCCCCCC. The summed E-state index contributed by atoms with van der Waals surface area (Å²) in [5, 5.41) is 87.4. The minimum atomic E-state index is -1.80. The van der Waals surface area contributed by atoms with Crippen molar-refractivity contribution >= 4 is 5.91 Å². The van der Waals surface area contributed by atoms with E-state index in [0.29, 0.717) is 6.42 Å². The molecule has 2 fully saturated rings. The molecule has 0 aromatic rings. The summed E-state index contributed by atoms with van der Waals surface area (Å²) in [6.07, 6.45) is 72.1. The van der Waals surface area contributed by atoms with Crippen LogP contribution in [0, 0.1) is 0 Å². The molecule has 2 heterocycles. The highest BCUT2D eigenvalue weighted by molar-refractivity contribution is 5.76. The van der Waals surface area contributed by atoms with Gasteiger partial charge in [-0.2, -0.15) is 0 Å². The van der Waals surface area contributed by atoms with Crippen molar-refractivity contribution in [3.8, 4) is 0 Å². The maximum Gasteiger partial charge on any atom is 0.220 e. The molecule has 12 unspecified atom stereocenters. The summed E-state index contributed by atoms with van der Waals surface area (Å²) in [7, 11) is 0. The van der Waals surface area contributed by atoms with Crippen LogP contribution in [0.5, 0.6) is 0 Å². The first-order chi connectivity index (χ1) is 44.6. The van der Waals surface area contributed by atoms with Gasteiger partial charge in [-0.15, -0.1) is 0 Å². The zero-order chi connectivity index (χ0) is 65.9. The second-order valence-electron chi connectivity index (χ2n) is 24.6. The lowest BCUT2D eigenvalue weighted by Gasteiger charge is -2.46. The first-order valence-electron chi connectivity index (χ1n) is 35.9. The molecule has 0 saturated carbocycles. The highest BCUT2D eigenvalue weighted by Crippen LogP contribution is 2.30. The Morgan fingerprint density at radius 2 is 0.758 bits per heavy atom. The van der Waals surface area contributed by atoms with E-state index in [2.05, 4.69) is 141 Å². The molecule has 14 heteroatoms. The summed E-state index contributed by atoms with van der Waals surface area (Å²) >= 11 is 0. The van der Waals surface area contributed by atoms with E-state index < -0.39 is 86.8 Å². The number of rotatable bonds is 57. The molecule has 91 heavy (non-hydrogen) atoms. The summed E-state index contributed by atoms with van der Waals surface area (Å²) in [6, 6.07) is -0.929. The van der Waals surface area contributed by atoms with Gasteiger partial charge in [-0.1, -0.05) is 282 Å². The van der Waals surface area contributed by atoms with Crippen LogP contribution in [0.2, 0.25) is 0 Å². The van der Waals surface area contributed by atoms with Crippen molar-refractivity contribution in [3.05, 3.63) is 134 Å². The van der Waals surface area contributed by atoms with Gasteiger partial charge in [-0.25, -0.2) is 0 Å². The molecule has 2 rings (SSSR count). The number of ether oxygens (including phenoxy) is 4. The van der Waals surface area contributed by atoms with Gasteiger partial charge in [0.05, 0.1) is 32.0 Å². The van der Waals surface area contributed by atoms with E-state index in [-0.39, 0.29) is 18.9 Å². The fourth-order valence-corrected chi connectivity index (χ4v) is 10.9. The van der Waals surface area contributed by atoms with Crippen molar-refractivity contribution in [1.29, 1.82) is 0 Å². The Bertz CT molecular complexity index is 2040. The number of unbranched alkanes of at least 4 members (excludes halogenated alkanes) is 24. The molecule has 2 aliphatic heterocycles. The quantitative estimate of drug-likeness (QED) is 0.0204. The Kier molecular flexibility index (Phi) is 54.7. The van der Waals surface area contributed by atoms with E-state index in [0.717, 1.165) is 116 Å². The van der Waals surface area contributed by atoms with Gasteiger partial charge in [0.1, 0.15) is 48.8 Å². The molecule has 2 saturated heterocycles. The maximum atomic E-state index is 13.3. The average molecular weight is 1280 g/mol. The standard InChI is InChI=1S/C77H129NO13/c1-3-5-7-9-11-13-15-17-19-21-23-24-25-26-27-28-29-30-31-32-33-34-35-36-37-38-39-40-41-42-43-45-47-49-51-53-55-57-59-61-69(82)78-65(66(81)60-58-56-54-52-50-48-46-44-22-20-18-16-14-12-10-8-6-4-2)64-88-76-74(87)72(85)75(68(63-80)90-76)91-77-73(86)71(84)70(83)67(62-79)89-77/h5,7,11,13,17,19,23-24,26-27,29-30,32-33,35-36,38-39,41-42,58,60,65-68,70-77,79-81,83-87H,3-4,6,8-10,12,14-16,18,20-22,25,28,31,34,37,40,43-57,59,61-64H2,1-2H3,(H,78,82)/b7-5-,13-11-,19-17-,24-23-,27-26-,30-29-,33-32-,36-35-,39-38-,42-41-,60-58+. The van der Waals surface area contributed by atoms with E-state index >= 15 is 0 Å². The zero-order valence-electron chi connectivity index (χ0n) is 56.5. The summed E-state index contributed by atoms with van der Waals surface area (Å²) in [5.41, 5.74) is 0. The molecular weight excluding hydrogens is 1150 g/mol. The minimum absolute atomic E-state index is 0.252. The largest absolute Gasteiger partial charge is 0.394 e. The normalized spacial score (nSPS) is 23.6. The number of hydrogen-bond donors (Lipinski definition) is 9. The predicted molar refractivity (Wildman–Crippen MR) is 373 cm³/mol. The fourth-order valence-electron chi connectivity index (χ4n) is 10.9. The summed E-state index contributed by atoms with van der Waals surface area (Å²) < 4.78 is 22.8.